The smallest absolute Gasteiger partial charge is 0.255 e. The highest BCUT2D eigenvalue weighted by molar-refractivity contribution is 6.36. The van der Waals surface area contributed by atoms with E-state index in [1.54, 1.807) is 23.1 Å². The van der Waals surface area contributed by atoms with Gasteiger partial charge in [-0.15, -0.1) is 0 Å². The van der Waals surface area contributed by atoms with Crippen molar-refractivity contribution >= 4 is 35.0 Å². The minimum atomic E-state index is -0.238. The maximum absolute atomic E-state index is 13.1. The van der Waals surface area contributed by atoms with Crippen LogP contribution in [0.4, 0.5) is 0 Å². The molecule has 1 aliphatic heterocycles. The Morgan fingerprint density at radius 1 is 1.10 bits per heavy atom. The molecule has 0 bridgehead atoms. The van der Waals surface area contributed by atoms with Gasteiger partial charge in [0.05, 0.1) is 10.6 Å². The highest BCUT2D eigenvalue weighted by Gasteiger charge is 2.26. The molecule has 0 N–H and O–H groups in total. The SMILES string of the molecule is CC(C)CCN(CC(=O)N1CCc2ccccc2C1)C(=O)c1ccc(Cl)cc1Cl. The largest absolute Gasteiger partial charge is 0.336 e. The number of carbonyl (C=O) groups excluding carboxylic acids is 2. The van der Waals surface area contributed by atoms with E-state index in [-0.39, 0.29) is 18.4 Å². The van der Waals surface area contributed by atoms with Gasteiger partial charge in [0, 0.05) is 24.7 Å². The zero-order chi connectivity index (χ0) is 21.0. The number of benzene rings is 2. The summed E-state index contributed by atoms with van der Waals surface area (Å²) in [6.45, 7) is 6.01. The lowest BCUT2D eigenvalue weighted by Crippen LogP contribution is -2.45. The second-order valence-corrected chi connectivity index (χ2v) is 8.71. The summed E-state index contributed by atoms with van der Waals surface area (Å²) in [6, 6.07) is 13.0. The van der Waals surface area contributed by atoms with Gasteiger partial charge in [-0.1, -0.05) is 61.3 Å². The Balaban J connectivity index is 1.74. The van der Waals surface area contributed by atoms with Gasteiger partial charge in [0.1, 0.15) is 6.54 Å². The first kappa shape index (κ1) is 21.7. The predicted octanol–water partition coefficient (Wildman–Crippen LogP) is 5.07. The maximum atomic E-state index is 13.1. The summed E-state index contributed by atoms with van der Waals surface area (Å²) in [6.07, 6.45) is 1.65. The van der Waals surface area contributed by atoms with Crippen LogP contribution in [0.1, 0.15) is 41.8 Å². The van der Waals surface area contributed by atoms with Crippen LogP contribution in [0.25, 0.3) is 0 Å². The van der Waals surface area contributed by atoms with Crippen molar-refractivity contribution in [3.8, 4) is 0 Å². The molecule has 4 nitrogen and oxygen atoms in total. The van der Waals surface area contributed by atoms with Gasteiger partial charge in [0.15, 0.2) is 0 Å². The molecule has 6 heteroatoms. The Morgan fingerprint density at radius 3 is 2.52 bits per heavy atom. The number of hydrogen-bond donors (Lipinski definition) is 0. The first-order valence-corrected chi connectivity index (χ1v) is 10.7. The van der Waals surface area contributed by atoms with Crippen LogP contribution in [0.3, 0.4) is 0 Å². The molecule has 0 aliphatic carbocycles. The second kappa shape index (κ2) is 9.64. The van der Waals surface area contributed by atoms with Crippen LogP contribution < -0.4 is 0 Å². The molecule has 3 rings (SSSR count). The van der Waals surface area contributed by atoms with Gasteiger partial charge in [0.25, 0.3) is 5.91 Å². The monoisotopic (exact) mass is 432 g/mol. The Kier molecular flexibility index (Phi) is 7.20. The van der Waals surface area contributed by atoms with E-state index in [4.69, 9.17) is 23.2 Å². The van der Waals surface area contributed by atoms with Crippen LogP contribution in [0.15, 0.2) is 42.5 Å². The molecule has 0 atom stereocenters. The van der Waals surface area contributed by atoms with Crippen LogP contribution in [0.2, 0.25) is 10.0 Å². The molecule has 154 valence electrons. The Hall–Kier alpha value is -2.04. The number of amides is 2. The molecule has 29 heavy (non-hydrogen) atoms. The summed E-state index contributed by atoms with van der Waals surface area (Å²) in [4.78, 5) is 29.6. The standard InChI is InChI=1S/C23H26Cl2N2O2/c1-16(2)9-11-27(23(29)20-8-7-19(24)13-21(20)25)15-22(28)26-12-10-17-5-3-4-6-18(17)14-26/h3-8,13,16H,9-12,14-15H2,1-2H3. The number of halogens is 2. The molecule has 1 heterocycles. The summed E-state index contributed by atoms with van der Waals surface area (Å²) in [5.41, 5.74) is 2.83. The van der Waals surface area contributed by atoms with Crippen molar-refractivity contribution < 1.29 is 9.59 Å². The highest BCUT2D eigenvalue weighted by atomic mass is 35.5. The molecular formula is C23H26Cl2N2O2. The van der Waals surface area contributed by atoms with E-state index < -0.39 is 0 Å². The van der Waals surface area contributed by atoms with E-state index in [2.05, 4.69) is 26.0 Å². The van der Waals surface area contributed by atoms with Crippen LogP contribution in [-0.2, 0) is 17.8 Å². The fourth-order valence-corrected chi connectivity index (χ4v) is 3.96. The summed E-state index contributed by atoms with van der Waals surface area (Å²) in [5.74, 6) is 0.141. The zero-order valence-electron chi connectivity index (χ0n) is 16.8. The zero-order valence-corrected chi connectivity index (χ0v) is 18.3. The number of carbonyl (C=O) groups is 2. The van der Waals surface area contributed by atoms with E-state index in [0.29, 0.717) is 41.2 Å². The van der Waals surface area contributed by atoms with Gasteiger partial charge in [-0.3, -0.25) is 9.59 Å². The van der Waals surface area contributed by atoms with E-state index >= 15 is 0 Å². The van der Waals surface area contributed by atoms with Crippen molar-refractivity contribution in [2.24, 2.45) is 5.92 Å². The molecule has 0 radical (unpaired) electrons. The summed E-state index contributed by atoms with van der Waals surface area (Å²) < 4.78 is 0. The third kappa shape index (κ3) is 5.52. The van der Waals surface area contributed by atoms with Crippen LogP contribution in [0, 0.1) is 5.92 Å². The number of nitrogens with zero attached hydrogens (tertiary/aromatic N) is 2. The van der Waals surface area contributed by atoms with Gasteiger partial charge in [0.2, 0.25) is 5.91 Å². The molecule has 0 saturated heterocycles. The average Bonchev–Trinajstić information content (AvgIpc) is 2.70. The Bertz CT molecular complexity index is 898. The minimum Gasteiger partial charge on any atom is -0.336 e. The predicted molar refractivity (Wildman–Crippen MR) is 117 cm³/mol. The van der Waals surface area contributed by atoms with E-state index in [1.807, 2.05) is 17.0 Å². The van der Waals surface area contributed by atoms with Crippen molar-refractivity contribution in [2.75, 3.05) is 19.6 Å². The quantitative estimate of drug-likeness (QED) is 0.639. The fraction of sp³-hybridized carbons (Fsp3) is 0.391. The normalized spacial score (nSPS) is 13.3. The van der Waals surface area contributed by atoms with Gasteiger partial charge < -0.3 is 9.80 Å². The third-order valence-corrected chi connectivity index (χ3v) is 5.78. The number of rotatable bonds is 6. The summed E-state index contributed by atoms with van der Waals surface area (Å²) in [5, 5.41) is 0.778. The van der Waals surface area contributed by atoms with Crippen molar-refractivity contribution in [1.82, 2.24) is 9.80 Å². The molecular weight excluding hydrogens is 407 g/mol. The first-order valence-electron chi connectivity index (χ1n) is 9.94. The fourth-order valence-electron chi connectivity index (χ4n) is 3.47. The van der Waals surface area contributed by atoms with Crippen LogP contribution in [0.5, 0.6) is 0 Å². The number of hydrogen-bond acceptors (Lipinski definition) is 2. The van der Waals surface area contributed by atoms with Crippen molar-refractivity contribution in [3.63, 3.8) is 0 Å². The van der Waals surface area contributed by atoms with E-state index in [1.165, 1.54) is 11.1 Å². The molecule has 2 aromatic rings. The maximum Gasteiger partial charge on any atom is 0.255 e. The van der Waals surface area contributed by atoms with Crippen LogP contribution in [-0.4, -0.2) is 41.2 Å². The minimum absolute atomic E-state index is 0.0401. The molecule has 0 spiro atoms. The van der Waals surface area contributed by atoms with E-state index in [9.17, 15) is 9.59 Å². The van der Waals surface area contributed by atoms with Crippen molar-refractivity contribution in [1.29, 1.82) is 0 Å². The molecule has 0 saturated carbocycles. The van der Waals surface area contributed by atoms with Gasteiger partial charge >= 0.3 is 0 Å². The number of fused-ring (bicyclic) bond motifs is 1. The third-order valence-electron chi connectivity index (χ3n) is 5.23. The molecule has 1 aliphatic rings. The average molecular weight is 433 g/mol. The lowest BCUT2D eigenvalue weighted by Gasteiger charge is -2.31. The molecule has 0 unspecified atom stereocenters. The lowest BCUT2D eigenvalue weighted by atomic mass is 10.00. The summed E-state index contributed by atoms with van der Waals surface area (Å²) >= 11 is 12.2. The Morgan fingerprint density at radius 2 is 1.83 bits per heavy atom. The van der Waals surface area contributed by atoms with Gasteiger partial charge in [-0.05, 0) is 48.1 Å². The topological polar surface area (TPSA) is 40.6 Å². The van der Waals surface area contributed by atoms with Crippen LogP contribution >= 0.6 is 23.2 Å². The first-order chi connectivity index (χ1) is 13.8. The molecule has 0 aromatic heterocycles. The molecule has 2 amide bonds. The Labute approximate surface area is 182 Å². The van der Waals surface area contributed by atoms with Gasteiger partial charge in [-0.2, -0.15) is 0 Å². The second-order valence-electron chi connectivity index (χ2n) is 7.87. The van der Waals surface area contributed by atoms with Gasteiger partial charge in [-0.25, -0.2) is 0 Å². The highest BCUT2D eigenvalue weighted by Crippen LogP contribution is 2.23. The summed E-state index contributed by atoms with van der Waals surface area (Å²) in [7, 11) is 0. The van der Waals surface area contributed by atoms with E-state index in [0.717, 1.165) is 12.8 Å². The molecule has 2 aromatic carbocycles. The van der Waals surface area contributed by atoms with Crippen molar-refractivity contribution in [2.45, 2.75) is 33.2 Å². The molecule has 0 fully saturated rings. The van der Waals surface area contributed by atoms with Crippen molar-refractivity contribution in [3.05, 3.63) is 69.2 Å². The lowest BCUT2D eigenvalue weighted by molar-refractivity contribution is -0.132.